The summed E-state index contributed by atoms with van der Waals surface area (Å²) in [6, 6.07) is 9.07. The minimum absolute atomic E-state index is 0.0697. The SMILES string of the molecule is CC1CCCC1NC(=O)c1ccccc1SCc1occc1C(=O)O. The van der Waals surface area contributed by atoms with Crippen molar-refractivity contribution in [1.29, 1.82) is 0 Å². The molecule has 0 radical (unpaired) electrons. The van der Waals surface area contributed by atoms with Crippen LogP contribution in [0.15, 0.2) is 45.9 Å². The van der Waals surface area contributed by atoms with Crippen LogP contribution >= 0.6 is 11.8 Å². The number of rotatable bonds is 6. The van der Waals surface area contributed by atoms with Gasteiger partial charge in [-0.2, -0.15) is 0 Å². The fraction of sp³-hybridized carbons (Fsp3) is 0.368. The first-order valence-corrected chi connectivity index (χ1v) is 9.37. The Morgan fingerprint density at radius 2 is 2.04 bits per heavy atom. The molecule has 25 heavy (non-hydrogen) atoms. The largest absolute Gasteiger partial charge is 0.478 e. The average molecular weight is 359 g/mol. The zero-order valence-electron chi connectivity index (χ0n) is 14.0. The van der Waals surface area contributed by atoms with E-state index < -0.39 is 5.97 Å². The summed E-state index contributed by atoms with van der Waals surface area (Å²) in [6.45, 7) is 2.17. The van der Waals surface area contributed by atoms with Crippen LogP contribution in [0, 0.1) is 5.92 Å². The van der Waals surface area contributed by atoms with Crippen LogP contribution in [0.1, 0.15) is 52.7 Å². The first-order valence-electron chi connectivity index (χ1n) is 8.38. The number of thioether (sulfide) groups is 1. The van der Waals surface area contributed by atoms with E-state index in [9.17, 15) is 9.59 Å². The van der Waals surface area contributed by atoms with Gasteiger partial charge in [0.05, 0.1) is 17.6 Å². The Morgan fingerprint density at radius 3 is 2.76 bits per heavy atom. The molecule has 1 heterocycles. The number of carbonyl (C=O) groups excluding carboxylic acids is 1. The Morgan fingerprint density at radius 1 is 1.24 bits per heavy atom. The summed E-state index contributed by atoms with van der Waals surface area (Å²) in [5, 5.41) is 12.3. The fourth-order valence-corrected chi connectivity index (χ4v) is 4.17. The van der Waals surface area contributed by atoms with Crippen molar-refractivity contribution in [2.24, 2.45) is 5.92 Å². The van der Waals surface area contributed by atoms with Crippen molar-refractivity contribution in [1.82, 2.24) is 5.32 Å². The van der Waals surface area contributed by atoms with Gasteiger partial charge in [0, 0.05) is 10.9 Å². The Hall–Kier alpha value is -2.21. The van der Waals surface area contributed by atoms with Crippen LogP contribution in [0.3, 0.4) is 0 Å². The lowest BCUT2D eigenvalue weighted by atomic mass is 10.1. The molecule has 1 fully saturated rings. The number of amides is 1. The maximum Gasteiger partial charge on any atom is 0.339 e. The van der Waals surface area contributed by atoms with Gasteiger partial charge < -0.3 is 14.8 Å². The van der Waals surface area contributed by atoms with E-state index in [2.05, 4.69) is 12.2 Å². The summed E-state index contributed by atoms with van der Waals surface area (Å²) in [4.78, 5) is 24.6. The van der Waals surface area contributed by atoms with E-state index in [1.807, 2.05) is 18.2 Å². The molecule has 2 atom stereocenters. The fourth-order valence-electron chi connectivity index (χ4n) is 3.17. The van der Waals surface area contributed by atoms with Crippen molar-refractivity contribution in [3.63, 3.8) is 0 Å². The normalized spacial score (nSPS) is 19.7. The van der Waals surface area contributed by atoms with Crippen LogP contribution in [-0.2, 0) is 5.75 Å². The topological polar surface area (TPSA) is 79.5 Å². The molecule has 0 spiro atoms. The van der Waals surface area contributed by atoms with Crippen LogP contribution < -0.4 is 5.32 Å². The third-order valence-electron chi connectivity index (χ3n) is 4.64. The highest BCUT2D eigenvalue weighted by Gasteiger charge is 2.26. The number of benzene rings is 1. The van der Waals surface area contributed by atoms with Crippen molar-refractivity contribution in [3.05, 3.63) is 53.5 Å². The van der Waals surface area contributed by atoms with Crippen LogP contribution in [0.25, 0.3) is 0 Å². The molecule has 3 rings (SSSR count). The van der Waals surface area contributed by atoms with Crippen molar-refractivity contribution >= 4 is 23.6 Å². The molecule has 0 aliphatic heterocycles. The monoisotopic (exact) mass is 359 g/mol. The second kappa shape index (κ2) is 7.78. The third kappa shape index (κ3) is 4.07. The maximum absolute atomic E-state index is 12.7. The minimum Gasteiger partial charge on any atom is -0.478 e. The van der Waals surface area contributed by atoms with Crippen molar-refractivity contribution in [2.45, 2.75) is 42.9 Å². The van der Waals surface area contributed by atoms with Crippen LogP contribution in [0.4, 0.5) is 0 Å². The summed E-state index contributed by atoms with van der Waals surface area (Å²) < 4.78 is 5.27. The lowest BCUT2D eigenvalue weighted by molar-refractivity contribution is 0.0694. The van der Waals surface area contributed by atoms with E-state index in [0.29, 0.717) is 23.0 Å². The number of furan rings is 1. The van der Waals surface area contributed by atoms with Crippen molar-refractivity contribution in [2.75, 3.05) is 0 Å². The highest BCUT2D eigenvalue weighted by Crippen LogP contribution is 2.29. The molecule has 0 bridgehead atoms. The number of aromatic carboxylic acids is 1. The summed E-state index contributed by atoms with van der Waals surface area (Å²) >= 11 is 1.41. The third-order valence-corrected chi connectivity index (χ3v) is 5.72. The van der Waals surface area contributed by atoms with E-state index in [-0.39, 0.29) is 17.5 Å². The molecule has 1 aromatic carbocycles. The second-order valence-electron chi connectivity index (χ2n) is 6.34. The van der Waals surface area contributed by atoms with Gasteiger partial charge in [-0.1, -0.05) is 25.5 Å². The summed E-state index contributed by atoms with van der Waals surface area (Å²) in [5.74, 6) is 0.186. The average Bonchev–Trinajstić information content (AvgIpc) is 3.22. The number of nitrogens with one attached hydrogen (secondary N) is 1. The number of hydrogen-bond acceptors (Lipinski definition) is 4. The van der Waals surface area contributed by atoms with Crippen LogP contribution in [0.2, 0.25) is 0 Å². The minimum atomic E-state index is -1.01. The quantitative estimate of drug-likeness (QED) is 0.756. The zero-order chi connectivity index (χ0) is 17.8. The summed E-state index contributed by atoms with van der Waals surface area (Å²) in [6.07, 6.45) is 4.70. The molecule has 2 N–H and O–H groups in total. The number of carboxylic acid groups (broad SMARTS) is 1. The van der Waals surface area contributed by atoms with E-state index in [4.69, 9.17) is 9.52 Å². The second-order valence-corrected chi connectivity index (χ2v) is 7.35. The highest BCUT2D eigenvalue weighted by atomic mass is 32.2. The van der Waals surface area contributed by atoms with Crippen molar-refractivity contribution < 1.29 is 19.1 Å². The number of carboxylic acids is 1. The Balaban J connectivity index is 1.71. The van der Waals surface area contributed by atoms with Gasteiger partial charge >= 0.3 is 5.97 Å². The predicted molar refractivity (Wildman–Crippen MR) is 95.9 cm³/mol. The number of carbonyl (C=O) groups is 2. The summed E-state index contributed by atoms with van der Waals surface area (Å²) in [7, 11) is 0. The van der Waals surface area contributed by atoms with Gasteiger partial charge in [-0.15, -0.1) is 11.8 Å². The number of hydrogen-bond donors (Lipinski definition) is 2. The van der Waals surface area contributed by atoms with Crippen molar-refractivity contribution in [3.8, 4) is 0 Å². The Kier molecular flexibility index (Phi) is 5.48. The first kappa shape index (κ1) is 17.6. The van der Waals surface area contributed by atoms with Gasteiger partial charge in [0.25, 0.3) is 5.91 Å². The van der Waals surface area contributed by atoms with Crippen LogP contribution in [-0.4, -0.2) is 23.0 Å². The maximum atomic E-state index is 12.7. The van der Waals surface area contributed by atoms with E-state index >= 15 is 0 Å². The standard InChI is InChI=1S/C19H21NO4S/c1-12-5-4-7-15(12)20-18(21)14-6-2-3-8-17(14)25-11-16-13(19(22)23)9-10-24-16/h2-3,6,8-10,12,15H,4-5,7,11H2,1H3,(H,20,21)(H,22,23). The van der Waals surface area contributed by atoms with Gasteiger partial charge in [0.2, 0.25) is 0 Å². The van der Waals surface area contributed by atoms with Gasteiger partial charge in [-0.3, -0.25) is 4.79 Å². The molecule has 0 saturated heterocycles. The van der Waals surface area contributed by atoms with Gasteiger partial charge in [-0.25, -0.2) is 4.79 Å². The molecular weight excluding hydrogens is 338 g/mol. The molecule has 1 aromatic heterocycles. The highest BCUT2D eigenvalue weighted by molar-refractivity contribution is 7.98. The molecule has 1 saturated carbocycles. The lowest BCUT2D eigenvalue weighted by Crippen LogP contribution is -2.36. The van der Waals surface area contributed by atoms with E-state index in [1.54, 1.807) is 6.07 Å². The van der Waals surface area contributed by atoms with E-state index in [1.165, 1.54) is 24.1 Å². The molecule has 5 nitrogen and oxygen atoms in total. The molecule has 6 heteroatoms. The molecule has 1 aliphatic rings. The van der Waals surface area contributed by atoms with Crippen LogP contribution in [0.5, 0.6) is 0 Å². The van der Waals surface area contributed by atoms with E-state index in [0.717, 1.165) is 24.2 Å². The summed E-state index contributed by atoms with van der Waals surface area (Å²) in [5.41, 5.74) is 0.782. The van der Waals surface area contributed by atoms with Gasteiger partial charge in [0.15, 0.2) is 0 Å². The van der Waals surface area contributed by atoms with Gasteiger partial charge in [-0.05, 0) is 37.0 Å². The molecule has 1 aliphatic carbocycles. The predicted octanol–water partition coefficient (Wildman–Crippen LogP) is 4.19. The lowest BCUT2D eigenvalue weighted by Gasteiger charge is -2.18. The Bertz CT molecular complexity index is 770. The molecular formula is C19H21NO4S. The zero-order valence-corrected chi connectivity index (χ0v) is 14.8. The molecule has 2 unspecified atom stereocenters. The molecule has 132 valence electrons. The van der Waals surface area contributed by atoms with Gasteiger partial charge in [0.1, 0.15) is 11.3 Å². The molecule has 2 aromatic rings. The first-order chi connectivity index (χ1) is 12.1. The Labute approximate surface area is 150 Å². The smallest absolute Gasteiger partial charge is 0.339 e. The molecule has 1 amide bonds.